The molecule has 2 aliphatic rings. The number of H-pyrrole nitrogens is 1. The Kier molecular flexibility index (Phi) is 6.78. The second-order valence-corrected chi connectivity index (χ2v) is 10.6. The lowest BCUT2D eigenvalue weighted by Gasteiger charge is -2.32. The number of piperidine rings is 1. The maximum absolute atomic E-state index is 14.0. The number of para-hydroxylation sites is 1. The maximum Gasteiger partial charge on any atom is 0.317 e. The van der Waals surface area contributed by atoms with Crippen LogP contribution in [0, 0.1) is 17.4 Å². The van der Waals surface area contributed by atoms with Gasteiger partial charge >= 0.3 is 12.1 Å². The number of carbonyl (C=O) groups excluding carboxylic acids is 2. The summed E-state index contributed by atoms with van der Waals surface area (Å²) >= 11 is 6.44. The molecule has 4 heterocycles. The molecule has 2 fully saturated rings. The van der Waals surface area contributed by atoms with Crippen molar-refractivity contribution in [3.63, 3.8) is 0 Å². The van der Waals surface area contributed by atoms with E-state index in [9.17, 15) is 18.4 Å². The van der Waals surface area contributed by atoms with Gasteiger partial charge in [-0.2, -0.15) is 13.8 Å². The van der Waals surface area contributed by atoms with E-state index >= 15 is 0 Å². The second-order valence-electron chi connectivity index (χ2n) is 10.2. The minimum atomic E-state index is -1.23. The Morgan fingerprint density at radius 1 is 1.10 bits per heavy atom. The molecule has 3 aromatic heterocycles. The molecule has 2 amide bonds. The van der Waals surface area contributed by atoms with E-state index in [1.807, 2.05) is 30.5 Å². The van der Waals surface area contributed by atoms with Crippen molar-refractivity contribution in [3.8, 4) is 11.3 Å². The first-order valence-electron chi connectivity index (χ1n) is 12.9. The molecule has 40 heavy (non-hydrogen) atoms. The molecule has 0 spiro atoms. The molecule has 10 nitrogen and oxygen atoms in total. The van der Waals surface area contributed by atoms with Crippen LogP contribution in [-0.4, -0.2) is 67.3 Å². The van der Waals surface area contributed by atoms with Gasteiger partial charge in [-0.25, -0.2) is 19.7 Å². The standard InChI is InChI=1S/C27H25ClF2N8O2/c28-19-13-33-25(36-21(19)17-11-31-20-4-2-1-3-16(17)20)35-15-5-9-38(10-6-15)26(40)34-14-27(7-8-27)22(39)18-12-32-24(30)37-23(18)29/h1-4,11-13,15,31H,5-10,14H2,(H,34,40)(H,33,35,36). The number of aromatic amines is 1. The highest BCUT2D eigenvalue weighted by atomic mass is 35.5. The fourth-order valence-electron chi connectivity index (χ4n) is 5.07. The predicted octanol–water partition coefficient (Wildman–Crippen LogP) is 4.60. The second kappa shape index (κ2) is 10.4. The number of hydrogen-bond acceptors (Lipinski definition) is 7. The van der Waals surface area contributed by atoms with Gasteiger partial charge in [0.1, 0.15) is 0 Å². The van der Waals surface area contributed by atoms with Gasteiger partial charge in [0.15, 0.2) is 5.78 Å². The molecule has 0 atom stereocenters. The van der Waals surface area contributed by atoms with E-state index in [2.05, 4.69) is 35.6 Å². The quantitative estimate of drug-likeness (QED) is 0.169. The van der Waals surface area contributed by atoms with Crippen LogP contribution in [0.25, 0.3) is 22.2 Å². The van der Waals surface area contributed by atoms with Gasteiger partial charge in [0, 0.05) is 54.5 Å². The lowest BCUT2D eigenvalue weighted by Crippen LogP contribution is -2.48. The highest BCUT2D eigenvalue weighted by Gasteiger charge is 2.51. The number of halogens is 3. The zero-order chi connectivity index (χ0) is 27.9. The first kappa shape index (κ1) is 26.1. The number of nitrogens with one attached hydrogen (secondary N) is 3. The van der Waals surface area contributed by atoms with Crippen LogP contribution in [0.3, 0.4) is 0 Å². The number of rotatable bonds is 7. The van der Waals surface area contributed by atoms with E-state index in [1.54, 1.807) is 11.1 Å². The normalized spacial score (nSPS) is 16.6. The molecule has 0 bridgehead atoms. The number of amides is 2. The minimum Gasteiger partial charge on any atom is -0.360 e. The van der Waals surface area contributed by atoms with Crippen LogP contribution < -0.4 is 10.6 Å². The highest BCUT2D eigenvalue weighted by molar-refractivity contribution is 6.33. The topological polar surface area (TPSA) is 129 Å². The molecule has 1 aliphatic heterocycles. The van der Waals surface area contributed by atoms with Crippen molar-refractivity contribution in [2.24, 2.45) is 5.41 Å². The molecule has 1 aromatic carbocycles. The molecule has 0 unspecified atom stereocenters. The van der Waals surface area contributed by atoms with Crippen molar-refractivity contribution in [2.45, 2.75) is 31.7 Å². The Labute approximate surface area is 232 Å². The predicted molar refractivity (Wildman–Crippen MR) is 144 cm³/mol. The Hall–Kier alpha value is -4.19. The van der Waals surface area contributed by atoms with Crippen molar-refractivity contribution in [1.82, 2.24) is 35.1 Å². The molecule has 6 rings (SSSR count). The van der Waals surface area contributed by atoms with Crippen LogP contribution in [0.2, 0.25) is 5.02 Å². The Balaban J connectivity index is 1.03. The maximum atomic E-state index is 14.0. The summed E-state index contributed by atoms with van der Waals surface area (Å²) in [4.78, 5) is 45.8. The van der Waals surface area contributed by atoms with Gasteiger partial charge in [0.05, 0.1) is 27.9 Å². The van der Waals surface area contributed by atoms with E-state index in [0.717, 1.165) is 22.7 Å². The first-order valence-corrected chi connectivity index (χ1v) is 13.3. The molecule has 1 saturated heterocycles. The number of anilines is 1. The molecule has 1 aliphatic carbocycles. The van der Waals surface area contributed by atoms with Crippen molar-refractivity contribution >= 4 is 40.3 Å². The number of likely N-dealkylation sites (tertiary alicyclic amines) is 1. The smallest absolute Gasteiger partial charge is 0.317 e. The van der Waals surface area contributed by atoms with Gasteiger partial charge in [-0.15, -0.1) is 0 Å². The Morgan fingerprint density at radius 3 is 2.62 bits per heavy atom. The third-order valence-corrected chi connectivity index (χ3v) is 7.85. The largest absolute Gasteiger partial charge is 0.360 e. The molecule has 4 aromatic rings. The van der Waals surface area contributed by atoms with Crippen molar-refractivity contribution in [3.05, 3.63) is 65.5 Å². The molecule has 206 valence electrons. The van der Waals surface area contributed by atoms with Gasteiger partial charge in [-0.05, 0) is 31.7 Å². The fraction of sp³-hybridized carbons (Fsp3) is 0.333. The summed E-state index contributed by atoms with van der Waals surface area (Å²) in [5.41, 5.74) is 1.23. The Bertz CT molecular complexity index is 1600. The molecular weight excluding hydrogens is 542 g/mol. The Morgan fingerprint density at radius 2 is 1.88 bits per heavy atom. The van der Waals surface area contributed by atoms with Gasteiger partial charge in [0.2, 0.25) is 11.9 Å². The summed E-state index contributed by atoms with van der Waals surface area (Å²) in [6.07, 6.45) is 5.41. The van der Waals surface area contributed by atoms with Crippen LogP contribution in [-0.2, 0) is 0 Å². The summed E-state index contributed by atoms with van der Waals surface area (Å²) in [5, 5.41) is 7.63. The van der Waals surface area contributed by atoms with E-state index in [-0.39, 0.29) is 24.2 Å². The third kappa shape index (κ3) is 5.06. The minimum absolute atomic E-state index is 0.0545. The number of urea groups is 1. The van der Waals surface area contributed by atoms with Crippen molar-refractivity contribution in [2.75, 3.05) is 25.0 Å². The molecule has 1 saturated carbocycles. The number of Topliss-reactive ketones (excluding diaryl/α,β-unsaturated/α-hetero) is 1. The number of carbonyl (C=O) groups is 2. The highest BCUT2D eigenvalue weighted by Crippen LogP contribution is 2.48. The van der Waals surface area contributed by atoms with Crippen LogP contribution in [0.4, 0.5) is 19.5 Å². The van der Waals surface area contributed by atoms with Crippen LogP contribution in [0.1, 0.15) is 36.0 Å². The fourth-order valence-corrected chi connectivity index (χ4v) is 5.27. The monoisotopic (exact) mass is 566 g/mol. The van der Waals surface area contributed by atoms with Gasteiger partial charge in [-0.1, -0.05) is 29.8 Å². The molecule has 13 heteroatoms. The summed E-state index contributed by atoms with van der Waals surface area (Å²) in [5.74, 6) is -1.26. The van der Waals surface area contributed by atoms with Crippen molar-refractivity contribution < 1.29 is 18.4 Å². The average Bonchev–Trinajstić information content (AvgIpc) is 3.64. The number of benzene rings is 1. The number of nitrogens with zero attached hydrogens (tertiary/aromatic N) is 5. The van der Waals surface area contributed by atoms with Gasteiger partial charge < -0.3 is 20.5 Å². The van der Waals surface area contributed by atoms with Gasteiger partial charge in [0.25, 0.3) is 0 Å². The molecule has 0 radical (unpaired) electrons. The number of fused-ring (bicyclic) bond motifs is 1. The summed E-state index contributed by atoms with van der Waals surface area (Å²) < 4.78 is 27.0. The number of ketones is 1. The van der Waals surface area contributed by atoms with E-state index < -0.39 is 23.2 Å². The lowest BCUT2D eigenvalue weighted by molar-refractivity contribution is 0.0892. The first-order chi connectivity index (χ1) is 19.3. The summed E-state index contributed by atoms with van der Waals surface area (Å²) in [6, 6.07) is 7.67. The van der Waals surface area contributed by atoms with E-state index in [0.29, 0.717) is 55.4 Å². The van der Waals surface area contributed by atoms with Gasteiger partial charge in [-0.3, -0.25) is 4.79 Å². The van der Waals surface area contributed by atoms with Crippen LogP contribution in [0.5, 0.6) is 0 Å². The van der Waals surface area contributed by atoms with E-state index in [4.69, 9.17) is 11.6 Å². The van der Waals surface area contributed by atoms with Crippen molar-refractivity contribution in [1.29, 1.82) is 0 Å². The van der Waals surface area contributed by atoms with Crippen LogP contribution >= 0.6 is 11.6 Å². The number of hydrogen-bond donors (Lipinski definition) is 3. The molecular formula is C27H25ClF2N8O2. The van der Waals surface area contributed by atoms with E-state index in [1.165, 1.54) is 0 Å². The number of aromatic nitrogens is 5. The average molecular weight is 567 g/mol. The summed E-state index contributed by atoms with van der Waals surface area (Å²) in [6.45, 7) is 1.05. The summed E-state index contributed by atoms with van der Waals surface area (Å²) in [7, 11) is 0. The SMILES string of the molecule is O=C(NCC1(C(=O)c2cnc(F)nc2F)CC1)N1CCC(Nc2ncc(Cl)c(-c3c[nH]c4ccccc34)n2)CC1. The molecule has 3 N–H and O–H groups in total. The zero-order valence-electron chi connectivity index (χ0n) is 21.3. The van der Waals surface area contributed by atoms with Crippen LogP contribution in [0.15, 0.2) is 42.9 Å². The lowest BCUT2D eigenvalue weighted by atomic mass is 9.96. The third-order valence-electron chi connectivity index (χ3n) is 7.57. The zero-order valence-corrected chi connectivity index (χ0v) is 22.0.